The van der Waals surface area contributed by atoms with Crippen molar-refractivity contribution in [2.24, 2.45) is 0 Å². The Hall–Kier alpha value is -0.620. The lowest BCUT2D eigenvalue weighted by atomic mass is 10.2. The van der Waals surface area contributed by atoms with Gasteiger partial charge in [0.2, 0.25) is 15.9 Å². The number of sulfonamides is 1. The van der Waals surface area contributed by atoms with Gasteiger partial charge in [0.1, 0.15) is 6.04 Å². The third-order valence-electron chi connectivity index (χ3n) is 3.21. The number of hydrogen-bond acceptors (Lipinski definition) is 3. The molecular weight excluding hydrogens is 252 g/mol. The fraction of sp³-hybridized carbons (Fsp3) is 0.917. The molecule has 0 bridgehead atoms. The molecule has 0 aromatic rings. The number of carbonyl (C=O) groups excluding carboxylic acids is 1. The zero-order valence-corrected chi connectivity index (χ0v) is 12.4. The second kappa shape index (κ2) is 6.52. The van der Waals surface area contributed by atoms with Gasteiger partial charge in [-0.25, -0.2) is 8.42 Å². The number of nitrogens with zero attached hydrogens (tertiary/aromatic N) is 2. The minimum Gasteiger partial charge on any atom is -0.341 e. The molecule has 1 atom stereocenters. The summed E-state index contributed by atoms with van der Waals surface area (Å²) in [5, 5.41) is 0. The molecule has 0 spiro atoms. The highest BCUT2D eigenvalue weighted by Gasteiger charge is 2.38. The van der Waals surface area contributed by atoms with E-state index in [1.807, 2.05) is 13.8 Å². The monoisotopic (exact) mass is 276 g/mol. The van der Waals surface area contributed by atoms with Crippen LogP contribution in [0.1, 0.15) is 39.5 Å². The van der Waals surface area contributed by atoms with Crippen LogP contribution >= 0.6 is 0 Å². The Kier molecular flexibility index (Phi) is 5.59. The molecule has 0 aliphatic carbocycles. The number of amides is 1. The van der Waals surface area contributed by atoms with Crippen LogP contribution in [0.25, 0.3) is 0 Å². The van der Waals surface area contributed by atoms with Gasteiger partial charge in [-0.15, -0.1) is 0 Å². The lowest BCUT2D eigenvalue weighted by Gasteiger charge is -2.28. The molecule has 6 heteroatoms. The molecule has 0 aromatic heterocycles. The zero-order chi connectivity index (χ0) is 13.8. The summed E-state index contributed by atoms with van der Waals surface area (Å²) in [4.78, 5) is 14.2. The van der Waals surface area contributed by atoms with Crippen molar-refractivity contribution >= 4 is 15.9 Å². The Morgan fingerprint density at radius 3 is 2.28 bits per heavy atom. The predicted molar refractivity (Wildman–Crippen MR) is 71.7 cm³/mol. The van der Waals surface area contributed by atoms with E-state index in [2.05, 4.69) is 0 Å². The summed E-state index contributed by atoms with van der Waals surface area (Å²) in [6.07, 6.45) is 4.41. The molecule has 1 fully saturated rings. The quantitative estimate of drug-likeness (QED) is 0.729. The highest BCUT2D eigenvalue weighted by Crippen LogP contribution is 2.22. The lowest BCUT2D eigenvalue weighted by molar-refractivity contribution is -0.134. The lowest BCUT2D eigenvalue weighted by Crippen LogP contribution is -2.47. The van der Waals surface area contributed by atoms with Gasteiger partial charge in [-0.1, -0.05) is 13.8 Å². The molecular formula is C12H24N2O3S. The number of carbonyl (C=O) groups is 1. The van der Waals surface area contributed by atoms with E-state index in [4.69, 9.17) is 0 Å². The summed E-state index contributed by atoms with van der Waals surface area (Å²) in [6.45, 7) is 5.95. The van der Waals surface area contributed by atoms with Crippen molar-refractivity contribution in [1.82, 2.24) is 9.21 Å². The normalized spacial score (nSPS) is 21.2. The van der Waals surface area contributed by atoms with Crippen molar-refractivity contribution in [2.45, 2.75) is 45.6 Å². The molecule has 0 radical (unpaired) electrons. The molecule has 0 N–H and O–H groups in total. The zero-order valence-electron chi connectivity index (χ0n) is 11.6. The molecule has 1 saturated heterocycles. The van der Waals surface area contributed by atoms with Gasteiger partial charge in [0, 0.05) is 19.6 Å². The SMILES string of the molecule is CCCN(CCC)C(=O)C1CCCN1S(C)(=O)=O. The first kappa shape index (κ1) is 15.4. The maximum absolute atomic E-state index is 12.4. The first-order valence-electron chi connectivity index (χ1n) is 6.67. The molecule has 1 amide bonds. The average Bonchev–Trinajstić information content (AvgIpc) is 2.76. The van der Waals surface area contributed by atoms with Gasteiger partial charge in [0.25, 0.3) is 0 Å². The molecule has 106 valence electrons. The van der Waals surface area contributed by atoms with Crippen LogP contribution in [0.2, 0.25) is 0 Å². The third kappa shape index (κ3) is 3.68. The molecule has 1 aliphatic rings. The molecule has 0 aromatic carbocycles. The second-order valence-electron chi connectivity index (χ2n) is 4.86. The topological polar surface area (TPSA) is 57.7 Å². The van der Waals surface area contributed by atoms with Crippen molar-refractivity contribution in [3.63, 3.8) is 0 Å². The molecule has 1 rings (SSSR count). The van der Waals surface area contributed by atoms with Crippen LogP contribution in [0.5, 0.6) is 0 Å². The van der Waals surface area contributed by atoms with Crippen LogP contribution in [0.15, 0.2) is 0 Å². The van der Waals surface area contributed by atoms with Crippen LogP contribution in [0, 0.1) is 0 Å². The Bertz CT molecular complexity index is 375. The van der Waals surface area contributed by atoms with Crippen molar-refractivity contribution in [3.8, 4) is 0 Å². The predicted octanol–water partition coefficient (Wildman–Crippen LogP) is 1.06. The van der Waals surface area contributed by atoms with Gasteiger partial charge < -0.3 is 4.90 Å². The summed E-state index contributed by atoms with van der Waals surface area (Å²) in [7, 11) is -3.27. The molecule has 1 aliphatic heterocycles. The Morgan fingerprint density at radius 2 is 1.83 bits per heavy atom. The second-order valence-corrected chi connectivity index (χ2v) is 6.79. The molecule has 1 heterocycles. The maximum Gasteiger partial charge on any atom is 0.241 e. The molecule has 18 heavy (non-hydrogen) atoms. The Labute approximate surface area is 110 Å². The first-order valence-corrected chi connectivity index (χ1v) is 8.52. The van der Waals surface area contributed by atoms with Crippen LogP contribution in [0.3, 0.4) is 0 Å². The molecule has 1 unspecified atom stereocenters. The Morgan fingerprint density at radius 1 is 1.28 bits per heavy atom. The van der Waals surface area contributed by atoms with Gasteiger partial charge >= 0.3 is 0 Å². The standard InChI is InChI=1S/C12H24N2O3S/c1-4-8-13(9-5-2)12(15)11-7-6-10-14(11)18(3,16)17/h11H,4-10H2,1-3H3. The van der Waals surface area contributed by atoms with Crippen molar-refractivity contribution < 1.29 is 13.2 Å². The van der Waals surface area contributed by atoms with Crippen molar-refractivity contribution in [2.75, 3.05) is 25.9 Å². The molecule has 5 nitrogen and oxygen atoms in total. The third-order valence-corrected chi connectivity index (χ3v) is 4.50. The Balaban J connectivity index is 2.80. The fourth-order valence-corrected chi connectivity index (χ4v) is 3.59. The minimum absolute atomic E-state index is 0.0263. The van der Waals surface area contributed by atoms with E-state index >= 15 is 0 Å². The van der Waals surface area contributed by atoms with Crippen LogP contribution in [-0.2, 0) is 14.8 Å². The summed E-state index contributed by atoms with van der Waals surface area (Å²) >= 11 is 0. The molecule has 0 saturated carbocycles. The van der Waals surface area contributed by atoms with Gasteiger partial charge in [0.05, 0.1) is 6.26 Å². The van der Waals surface area contributed by atoms with Crippen LogP contribution < -0.4 is 0 Å². The van der Waals surface area contributed by atoms with Crippen LogP contribution in [0.4, 0.5) is 0 Å². The van der Waals surface area contributed by atoms with E-state index < -0.39 is 16.1 Å². The highest BCUT2D eigenvalue weighted by molar-refractivity contribution is 7.88. The number of hydrogen-bond donors (Lipinski definition) is 0. The van der Waals surface area contributed by atoms with Crippen molar-refractivity contribution in [1.29, 1.82) is 0 Å². The van der Waals surface area contributed by atoms with E-state index in [1.54, 1.807) is 4.90 Å². The maximum atomic E-state index is 12.4. The minimum atomic E-state index is -3.27. The van der Waals surface area contributed by atoms with Gasteiger partial charge in [-0.3, -0.25) is 4.79 Å². The summed E-state index contributed by atoms with van der Waals surface area (Å²) in [5.74, 6) is -0.0263. The first-order chi connectivity index (χ1) is 8.41. The van der Waals surface area contributed by atoms with Gasteiger partial charge in [-0.2, -0.15) is 4.31 Å². The highest BCUT2D eigenvalue weighted by atomic mass is 32.2. The van der Waals surface area contributed by atoms with E-state index in [1.165, 1.54) is 10.6 Å². The fourth-order valence-electron chi connectivity index (χ4n) is 2.47. The van der Waals surface area contributed by atoms with Gasteiger partial charge in [-0.05, 0) is 25.7 Å². The van der Waals surface area contributed by atoms with E-state index in [-0.39, 0.29) is 5.91 Å². The van der Waals surface area contributed by atoms with E-state index in [0.29, 0.717) is 26.1 Å². The van der Waals surface area contributed by atoms with Crippen LogP contribution in [-0.4, -0.2) is 55.5 Å². The van der Waals surface area contributed by atoms with E-state index in [0.717, 1.165) is 19.3 Å². The van der Waals surface area contributed by atoms with E-state index in [9.17, 15) is 13.2 Å². The summed E-state index contributed by atoms with van der Waals surface area (Å²) in [6, 6.07) is -0.474. The number of rotatable bonds is 6. The largest absolute Gasteiger partial charge is 0.341 e. The average molecular weight is 276 g/mol. The summed E-state index contributed by atoms with van der Waals surface area (Å²) in [5.41, 5.74) is 0. The van der Waals surface area contributed by atoms with Crippen molar-refractivity contribution in [3.05, 3.63) is 0 Å². The van der Waals surface area contributed by atoms with Gasteiger partial charge in [0.15, 0.2) is 0 Å². The summed E-state index contributed by atoms with van der Waals surface area (Å²) < 4.78 is 24.6. The smallest absolute Gasteiger partial charge is 0.241 e.